The maximum absolute atomic E-state index is 13.0. The smallest absolute Gasteiger partial charge is 0.258 e. The molecule has 0 spiro atoms. The zero-order valence-corrected chi connectivity index (χ0v) is 17.8. The highest BCUT2D eigenvalue weighted by Gasteiger charge is 2.19. The predicted octanol–water partition coefficient (Wildman–Crippen LogP) is 3.69. The Morgan fingerprint density at radius 3 is 2.63 bits per heavy atom. The number of imidazole rings is 1. The molecular weight excluding hydrogens is 374 g/mol. The average molecular weight is 402 g/mol. The van der Waals surface area contributed by atoms with Crippen molar-refractivity contribution in [3.8, 4) is 11.3 Å². The summed E-state index contributed by atoms with van der Waals surface area (Å²) in [7, 11) is 2.17. The number of nitrogens with zero attached hydrogens (tertiary/aromatic N) is 5. The number of rotatable bonds is 3. The summed E-state index contributed by atoms with van der Waals surface area (Å²) in [5, 5.41) is 0. The quantitative estimate of drug-likeness (QED) is 0.525. The minimum absolute atomic E-state index is 0.0373. The molecule has 6 nitrogen and oxygen atoms in total. The highest BCUT2D eigenvalue weighted by Crippen LogP contribution is 2.28. The Bertz CT molecular complexity index is 1290. The minimum Gasteiger partial charge on any atom is -0.306 e. The van der Waals surface area contributed by atoms with Gasteiger partial charge in [0.2, 0.25) is 0 Å². The number of hydrogen-bond donors (Lipinski definition) is 0. The lowest BCUT2D eigenvalue weighted by molar-refractivity contribution is 0.255. The maximum Gasteiger partial charge on any atom is 0.258 e. The van der Waals surface area contributed by atoms with Gasteiger partial charge >= 0.3 is 0 Å². The van der Waals surface area contributed by atoms with Crippen molar-refractivity contribution in [2.45, 2.75) is 39.0 Å². The summed E-state index contributed by atoms with van der Waals surface area (Å²) in [6, 6.07) is 7.88. The molecule has 0 unspecified atom stereocenters. The summed E-state index contributed by atoms with van der Waals surface area (Å²) in [5.41, 5.74) is 6.63. The lowest BCUT2D eigenvalue weighted by Gasteiger charge is -2.29. The summed E-state index contributed by atoms with van der Waals surface area (Å²) in [6.07, 6.45) is 9.16. The first-order valence-corrected chi connectivity index (χ1v) is 10.7. The number of likely N-dealkylation sites (tertiary alicyclic amines) is 1. The SMILES string of the molecule is CCc1cc(-c2cc(=O)n3cc(C4CCN(C)CC4)ccc3n2)cn2cc(C)nc12. The summed E-state index contributed by atoms with van der Waals surface area (Å²) >= 11 is 0. The third-order valence-corrected chi connectivity index (χ3v) is 6.30. The van der Waals surface area contributed by atoms with E-state index in [1.54, 1.807) is 10.5 Å². The van der Waals surface area contributed by atoms with Crippen LogP contribution in [0.3, 0.4) is 0 Å². The lowest BCUT2D eigenvalue weighted by atomic mass is 9.91. The van der Waals surface area contributed by atoms with Crippen LogP contribution in [-0.2, 0) is 6.42 Å². The van der Waals surface area contributed by atoms with E-state index in [0.717, 1.165) is 54.8 Å². The molecule has 4 aromatic heterocycles. The second-order valence-corrected chi connectivity index (χ2v) is 8.47. The van der Waals surface area contributed by atoms with Crippen LogP contribution in [0.1, 0.15) is 42.5 Å². The van der Waals surface area contributed by atoms with Gasteiger partial charge in [-0.05, 0) is 75.5 Å². The number of fused-ring (bicyclic) bond motifs is 2. The normalized spacial score (nSPS) is 16.0. The number of hydrogen-bond acceptors (Lipinski definition) is 4. The maximum atomic E-state index is 13.0. The highest BCUT2D eigenvalue weighted by molar-refractivity contribution is 5.66. The molecular formula is C24H27N5O. The van der Waals surface area contributed by atoms with Gasteiger partial charge in [-0.3, -0.25) is 9.20 Å². The molecule has 0 amide bonds. The molecule has 154 valence electrons. The van der Waals surface area contributed by atoms with Gasteiger partial charge in [-0.2, -0.15) is 0 Å². The first kappa shape index (κ1) is 19.0. The van der Waals surface area contributed by atoms with Crippen LogP contribution in [0, 0.1) is 6.92 Å². The van der Waals surface area contributed by atoms with Gasteiger partial charge in [0, 0.05) is 30.2 Å². The van der Waals surface area contributed by atoms with E-state index in [4.69, 9.17) is 4.98 Å². The third-order valence-electron chi connectivity index (χ3n) is 6.30. The summed E-state index contributed by atoms with van der Waals surface area (Å²) in [6.45, 7) is 6.32. The molecule has 4 aromatic rings. The van der Waals surface area contributed by atoms with Crippen molar-refractivity contribution in [3.05, 3.63) is 70.0 Å². The van der Waals surface area contributed by atoms with E-state index >= 15 is 0 Å². The van der Waals surface area contributed by atoms with Crippen LogP contribution >= 0.6 is 0 Å². The van der Waals surface area contributed by atoms with E-state index in [1.165, 1.54) is 5.56 Å². The first-order chi connectivity index (χ1) is 14.5. The summed E-state index contributed by atoms with van der Waals surface area (Å²) in [5.74, 6) is 0.510. The molecule has 0 bridgehead atoms. The topological polar surface area (TPSA) is 54.9 Å². The Morgan fingerprint density at radius 1 is 1.07 bits per heavy atom. The molecule has 1 fully saturated rings. The molecule has 0 saturated carbocycles. The Kier molecular flexibility index (Phi) is 4.66. The van der Waals surface area contributed by atoms with Crippen molar-refractivity contribution < 1.29 is 0 Å². The Hall–Kier alpha value is -2.99. The van der Waals surface area contributed by atoms with Gasteiger partial charge in [-0.1, -0.05) is 13.0 Å². The minimum atomic E-state index is -0.0373. The zero-order valence-electron chi connectivity index (χ0n) is 17.8. The molecule has 1 saturated heterocycles. The van der Waals surface area contributed by atoms with Crippen molar-refractivity contribution >= 4 is 11.3 Å². The van der Waals surface area contributed by atoms with Crippen molar-refractivity contribution in [1.82, 2.24) is 23.7 Å². The highest BCUT2D eigenvalue weighted by atomic mass is 16.1. The van der Waals surface area contributed by atoms with Gasteiger partial charge in [-0.15, -0.1) is 0 Å². The van der Waals surface area contributed by atoms with Crippen molar-refractivity contribution in [3.63, 3.8) is 0 Å². The van der Waals surface area contributed by atoms with E-state index in [1.807, 2.05) is 36.0 Å². The molecule has 1 aliphatic heterocycles. The van der Waals surface area contributed by atoms with Gasteiger partial charge in [0.25, 0.3) is 5.56 Å². The Balaban J connectivity index is 1.57. The fraction of sp³-hybridized carbons (Fsp3) is 0.375. The van der Waals surface area contributed by atoms with Crippen LogP contribution in [0.4, 0.5) is 0 Å². The molecule has 5 rings (SSSR count). The second-order valence-electron chi connectivity index (χ2n) is 8.47. The van der Waals surface area contributed by atoms with Gasteiger partial charge in [0.15, 0.2) is 0 Å². The largest absolute Gasteiger partial charge is 0.306 e. The molecule has 5 heterocycles. The summed E-state index contributed by atoms with van der Waals surface area (Å²) < 4.78 is 3.73. The van der Waals surface area contributed by atoms with E-state index < -0.39 is 0 Å². The zero-order chi connectivity index (χ0) is 20.8. The Morgan fingerprint density at radius 2 is 1.87 bits per heavy atom. The third kappa shape index (κ3) is 3.31. The van der Waals surface area contributed by atoms with E-state index in [9.17, 15) is 4.79 Å². The molecule has 0 N–H and O–H groups in total. The lowest BCUT2D eigenvalue weighted by Crippen LogP contribution is -2.29. The standard InChI is InChI=1S/C24H27N5O/c1-4-17-11-20(14-28-13-16(2)25-24(17)28)21-12-23(30)29-15-19(5-6-22(29)26-21)18-7-9-27(3)10-8-18/h5-6,11-15,18H,4,7-10H2,1-3H3. The van der Waals surface area contributed by atoms with Gasteiger partial charge < -0.3 is 9.30 Å². The number of aromatic nitrogens is 4. The van der Waals surface area contributed by atoms with E-state index in [-0.39, 0.29) is 5.56 Å². The van der Waals surface area contributed by atoms with Crippen LogP contribution in [0.15, 0.2) is 47.7 Å². The van der Waals surface area contributed by atoms with Crippen molar-refractivity contribution in [2.75, 3.05) is 20.1 Å². The van der Waals surface area contributed by atoms with Crippen LogP contribution in [0.2, 0.25) is 0 Å². The molecule has 30 heavy (non-hydrogen) atoms. The number of pyridine rings is 2. The molecule has 0 aromatic carbocycles. The Labute approximate surface area is 175 Å². The van der Waals surface area contributed by atoms with Crippen LogP contribution in [0.5, 0.6) is 0 Å². The number of aryl methyl sites for hydroxylation is 2. The van der Waals surface area contributed by atoms with Crippen LogP contribution in [-0.4, -0.2) is 43.8 Å². The van der Waals surface area contributed by atoms with Gasteiger partial charge in [0.05, 0.1) is 11.4 Å². The second kappa shape index (κ2) is 7.36. The van der Waals surface area contributed by atoms with E-state index in [0.29, 0.717) is 17.3 Å². The number of piperidine rings is 1. The van der Waals surface area contributed by atoms with Gasteiger partial charge in [-0.25, -0.2) is 9.97 Å². The van der Waals surface area contributed by atoms with E-state index in [2.05, 4.69) is 36.0 Å². The summed E-state index contributed by atoms with van der Waals surface area (Å²) in [4.78, 5) is 24.8. The molecule has 0 aliphatic carbocycles. The predicted molar refractivity (Wildman–Crippen MR) is 119 cm³/mol. The monoisotopic (exact) mass is 401 g/mol. The molecule has 0 atom stereocenters. The fourth-order valence-electron chi connectivity index (χ4n) is 4.54. The molecule has 1 aliphatic rings. The van der Waals surface area contributed by atoms with Crippen molar-refractivity contribution in [1.29, 1.82) is 0 Å². The van der Waals surface area contributed by atoms with Crippen molar-refractivity contribution in [2.24, 2.45) is 0 Å². The molecule has 0 radical (unpaired) electrons. The molecule has 6 heteroatoms. The average Bonchev–Trinajstić information content (AvgIpc) is 3.13. The first-order valence-electron chi connectivity index (χ1n) is 10.7. The van der Waals surface area contributed by atoms with Gasteiger partial charge in [0.1, 0.15) is 11.3 Å². The fourth-order valence-corrected chi connectivity index (χ4v) is 4.54. The van der Waals surface area contributed by atoms with Crippen LogP contribution in [0.25, 0.3) is 22.6 Å². The van der Waals surface area contributed by atoms with Crippen LogP contribution < -0.4 is 5.56 Å².